The molecule has 0 aliphatic carbocycles. The summed E-state index contributed by atoms with van der Waals surface area (Å²) in [5.74, 6) is -4.77. The van der Waals surface area contributed by atoms with Gasteiger partial charge in [-0.3, -0.25) is 0 Å². The lowest BCUT2D eigenvalue weighted by atomic mass is 10.1. The Bertz CT molecular complexity index is 781. The van der Waals surface area contributed by atoms with Crippen molar-refractivity contribution in [3.05, 3.63) is 64.7 Å². The highest BCUT2D eigenvalue weighted by Gasteiger charge is 2.49. The Morgan fingerprint density at radius 1 is 0.964 bits per heavy atom. The Balaban J connectivity index is 2.21. The maximum absolute atomic E-state index is 13.8. The lowest BCUT2D eigenvalue weighted by Gasteiger charge is -2.20. The van der Waals surface area contributed by atoms with Gasteiger partial charge in [-0.25, -0.2) is 13.5 Å². The number of aliphatic hydroxyl groups excluding tert-OH is 1. The van der Waals surface area contributed by atoms with E-state index >= 15 is 0 Å². The van der Waals surface area contributed by atoms with Gasteiger partial charge in [0.2, 0.25) is 6.29 Å². The topological polar surface area (TPSA) is 38.7 Å². The maximum atomic E-state index is 13.8. The van der Waals surface area contributed by atoms with Gasteiger partial charge in [0.15, 0.2) is 0 Å². The number of hydrogen-bond acceptors (Lipinski definition) is 3. The standard InChI is InChI=1S/C18H15F7O3/c1-2-3-10-4-6-11(7-5-10)16(26)27-12-8-13(19)15(14(20)9-12)17(21,22)28-18(23,24)25/h4-9,16,26H,2-3H2,1H3. The van der Waals surface area contributed by atoms with Gasteiger partial charge >= 0.3 is 12.5 Å². The summed E-state index contributed by atoms with van der Waals surface area (Å²) in [4.78, 5) is 0. The Morgan fingerprint density at radius 3 is 1.96 bits per heavy atom. The number of ether oxygens (including phenoxy) is 2. The van der Waals surface area contributed by atoms with Gasteiger partial charge in [-0.2, -0.15) is 8.78 Å². The van der Waals surface area contributed by atoms with Crippen molar-refractivity contribution in [2.45, 2.75) is 38.5 Å². The Hall–Kier alpha value is -2.33. The fourth-order valence-electron chi connectivity index (χ4n) is 2.43. The maximum Gasteiger partial charge on any atom is 0.527 e. The predicted octanol–water partition coefficient (Wildman–Crippen LogP) is 5.57. The highest BCUT2D eigenvalue weighted by molar-refractivity contribution is 5.33. The number of rotatable bonds is 7. The van der Waals surface area contributed by atoms with Crippen molar-refractivity contribution < 1.29 is 45.3 Å². The SMILES string of the molecule is CCCc1ccc(C(O)Oc2cc(F)c(C(F)(F)OC(F)(F)F)c(F)c2)cc1. The first-order valence-electron chi connectivity index (χ1n) is 8.00. The average molecular weight is 412 g/mol. The summed E-state index contributed by atoms with van der Waals surface area (Å²) in [6.07, 6.45) is -11.1. The van der Waals surface area contributed by atoms with Crippen molar-refractivity contribution in [3.8, 4) is 5.75 Å². The third-order valence-electron chi connectivity index (χ3n) is 3.60. The molecule has 2 aromatic rings. The second-order valence-corrected chi connectivity index (χ2v) is 5.79. The molecule has 1 N–H and O–H groups in total. The number of hydrogen-bond donors (Lipinski definition) is 1. The summed E-state index contributed by atoms with van der Waals surface area (Å²) in [6.45, 7) is 1.97. The molecule has 0 heterocycles. The van der Waals surface area contributed by atoms with Crippen LogP contribution in [0.5, 0.6) is 5.75 Å². The zero-order valence-electron chi connectivity index (χ0n) is 14.4. The van der Waals surface area contributed by atoms with Gasteiger partial charge in [0.25, 0.3) is 0 Å². The molecule has 3 nitrogen and oxygen atoms in total. The zero-order chi connectivity index (χ0) is 21.1. The molecule has 1 atom stereocenters. The number of aryl methyl sites for hydroxylation is 1. The van der Waals surface area contributed by atoms with Crippen LogP contribution in [0.15, 0.2) is 36.4 Å². The van der Waals surface area contributed by atoms with E-state index in [0.717, 1.165) is 18.4 Å². The normalized spacial score (nSPS) is 13.5. The van der Waals surface area contributed by atoms with Crippen LogP contribution in [0.4, 0.5) is 30.7 Å². The minimum absolute atomic E-state index is 0.218. The fraction of sp³-hybridized carbons (Fsp3) is 0.333. The number of alkyl halides is 5. The zero-order valence-corrected chi connectivity index (χ0v) is 14.4. The summed E-state index contributed by atoms with van der Waals surface area (Å²) in [5, 5.41) is 9.97. The molecule has 0 saturated heterocycles. The molecule has 0 radical (unpaired) electrons. The molecular formula is C18H15F7O3. The van der Waals surface area contributed by atoms with Crippen LogP contribution in [0.25, 0.3) is 0 Å². The molecule has 2 aromatic carbocycles. The van der Waals surface area contributed by atoms with Gasteiger partial charge < -0.3 is 9.84 Å². The van der Waals surface area contributed by atoms with E-state index < -0.39 is 41.7 Å². The van der Waals surface area contributed by atoms with Crippen molar-refractivity contribution in [2.24, 2.45) is 0 Å². The summed E-state index contributed by atoms with van der Waals surface area (Å²) >= 11 is 0. The van der Waals surface area contributed by atoms with E-state index in [4.69, 9.17) is 4.74 Å². The van der Waals surface area contributed by atoms with Crippen molar-refractivity contribution in [1.82, 2.24) is 0 Å². The van der Waals surface area contributed by atoms with Crippen LogP contribution in [0, 0.1) is 11.6 Å². The molecule has 2 rings (SSSR count). The smallest absolute Gasteiger partial charge is 0.461 e. The van der Waals surface area contributed by atoms with E-state index in [2.05, 4.69) is 4.74 Å². The average Bonchev–Trinajstić information content (AvgIpc) is 2.52. The van der Waals surface area contributed by atoms with E-state index in [1.54, 1.807) is 12.1 Å². The predicted molar refractivity (Wildman–Crippen MR) is 83.4 cm³/mol. The number of aliphatic hydroxyl groups is 1. The van der Waals surface area contributed by atoms with E-state index in [1.165, 1.54) is 12.1 Å². The summed E-state index contributed by atoms with van der Waals surface area (Å²) in [7, 11) is 0. The minimum Gasteiger partial charge on any atom is -0.461 e. The third-order valence-corrected chi connectivity index (χ3v) is 3.60. The Labute approximate surface area is 155 Å². The molecule has 0 amide bonds. The third kappa shape index (κ3) is 5.59. The Morgan fingerprint density at radius 2 is 1.50 bits per heavy atom. The molecule has 154 valence electrons. The first kappa shape index (κ1) is 22.0. The van der Waals surface area contributed by atoms with Gasteiger partial charge in [0, 0.05) is 17.7 Å². The van der Waals surface area contributed by atoms with Gasteiger partial charge in [-0.1, -0.05) is 37.6 Å². The molecule has 0 spiro atoms. The summed E-state index contributed by atoms with van der Waals surface area (Å²) < 4.78 is 98.0. The second-order valence-electron chi connectivity index (χ2n) is 5.79. The van der Waals surface area contributed by atoms with Gasteiger partial charge in [0.05, 0.1) is 0 Å². The monoisotopic (exact) mass is 412 g/mol. The highest BCUT2D eigenvalue weighted by atomic mass is 19.4. The van der Waals surface area contributed by atoms with E-state index in [1.807, 2.05) is 6.92 Å². The van der Waals surface area contributed by atoms with E-state index in [-0.39, 0.29) is 17.7 Å². The molecule has 0 aliphatic heterocycles. The first-order chi connectivity index (χ1) is 12.9. The van der Waals surface area contributed by atoms with Crippen molar-refractivity contribution in [3.63, 3.8) is 0 Å². The van der Waals surface area contributed by atoms with Crippen LogP contribution >= 0.6 is 0 Å². The molecule has 0 fully saturated rings. The van der Waals surface area contributed by atoms with Crippen molar-refractivity contribution in [1.29, 1.82) is 0 Å². The van der Waals surface area contributed by atoms with E-state index in [0.29, 0.717) is 0 Å². The molecule has 1 unspecified atom stereocenters. The second kappa shape index (κ2) is 8.36. The lowest BCUT2D eigenvalue weighted by molar-refractivity contribution is -0.432. The van der Waals surface area contributed by atoms with Crippen LogP contribution in [0.3, 0.4) is 0 Å². The van der Waals surface area contributed by atoms with Gasteiger partial charge in [-0.15, -0.1) is 13.2 Å². The van der Waals surface area contributed by atoms with Crippen LogP contribution in [-0.2, 0) is 17.3 Å². The Kier molecular flexibility index (Phi) is 6.56. The molecule has 0 bridgehead atoms. The van der Waals surface area contributed by atoms with Crippen LogP contribution in [-0.4, -0.2) is 11.5 Å². The van der Waals surface area contributed by atoms with Gasteiger partial charge in [-0.05, 0) is 12.0 Å². The molecule has 0 saturated carbocycles. The van der Waals surface area contributed by atoms with Crippen molar-refractivity contribution in [2.75, 3.05) is 0 Å². The molecule has 0 aliphatic rings. The molecule has 10 heteroatoms. The summed E-state index contributed by atoms with van der Waals surface area (Å²) in [6, 6.07) is 6.85. The van der Waals surface area contributed by atoms with E-state index in [9.17, 15) is 35.8 Å². The largest absolute Gasteiger partial charge is 0.527 e. The van der Waals surface area contributed by atoms with Crippen LogP contribution in [0.1, 0.15) is 36.3 Å². The quantitative estimate of drug-likeness (QED) is 0.477. The van der Waals surface area contributed by atoms with Gasteiger partial charge in [0.1, 0.15) is 22.9 Å². The molecule has 0 aromatic heterocycles. The highest BCUT2D eigenvalue weighted by Crippen LogP contribution is 2.40. The number of halogens is 7. The minimum atomic E-state index is -5.82. The lowest BCUT2D eigenvalue weighted by Crippen LogP contribution is -2.29. The number of benzene rings is 2. The summed E-state index contributed by atoms with van der Waals surface area (Å²) in [5.41, 5.74) is -1.03. The van der Waals surface area contributed by atoms with Crippen LogP contribution < -0.4 is 4.74 Å². The first-order valence-corrected chi connectivity index (χ1v) is 8.00. The van der Waals surface area contributed by atoms with Crippen molar-refractivity contribution >= 4 is 0 Å². The fourth-order valence-corrected chi connectivity index (χ4v) is 2.43. The molecule has 28 heavy (non-hydrogen) atoms. The molecular weight excluding hydrogens is 397 g/mol. The van der Waals surface area contributed by atoms with Crippen LogP contribution in [0.2, 0.25) is 0 Å².